The number of nitrogens with one attached hydrogen (secondary N) is 1. The van der Waals surface area contributed by atoms with Crippen LogP contribution in [0.5, 0.6) is 0 Å². The molecule has 1 N–H and O–H groups in total. The van der Waals surface area contributed by atoms with Crippen molar-refractivity contribution in [2.24, 2.45) is 12.1 Å². The number of hydrogen-bond donors (Lipinski definition) is 1. The Kier molecular flexibility index (Phi) is 4.01. The first kappa shape index (κ1) is 16.3. The smallest absolute Gasteiger partial charge is 0.164 e. The van der Waals surface area contributed by atoms with Gasteiger partial charge in [0.25, 0.3) is 0 Å². The molecule has 0 unspecified atom stereocenters. The summed E-state index contributed by atoms with van der Waals surface area (Å²) in [5.74, 6) is 0.740. The SMILES string of the molecule is Cn1cnc2c(N3CCOCC3)cc(N/N=C3\CCc4ccccc43)nc21. The van der Waals surface area contributed by atoms with Gasteiger partial charge in [0.2, 0.25) is 0 Å². The largest absolute Gasteiger partial charge is 0.378 e. The molecule has 1 saturated heterocycles. The zero-order valence-electron chi connectivity index (χ0n) is 15.4. The van der Waals surface area contributed by atoms with Gasteiger partial charge in [0, 0.05) is 31.8 Å². The van der Waals surface area contributed by atoms with Gasteiger partial charge < -0.3 is 14.2 Å². The lowest BCUT2D eigenvalue weighted by Gasteiger charge is -2.29. The third-order valence-electron chi connectivity index (χ3n) is 5.26. The number of rotatable bonds is 3. The summed E-state index contributed by atoms with van der Waals surface area (Å²) in [5, 5.41) is 4.67. The molecule has 0 amide bonds. The number of benzene rings is 1. The molecular weight excluding hydrogens is 340 g/mol. The van der Waals surface area contributed by atoms with Gasteiger partial charge in [0.05, 0.1) is 30.9 Å². The minimum absolute atomic E-state index is 0.735. The van der Waals surface area contributed by atoms with Crippen molar-refractivity contribution in [3.05, 3.63) is 47.8 Å². The van der Waals surface area contributed by atoms with E-state index in [9.17, 15) is 0 Å². The minimum Gasteiger partial charge on any atom is -0.378 e. The second-order valence-electron chi connectivity index (χ2n) is 6.98. The van der Waals surface area contributed by atoms with Crippen molar-refractivity contribution in [2.75, 3.05) is 36.6 Å². The van der Waals surface area contributed by atoms with Gasteiger partial charge in [-0.3, -0.25) is 5.43 Å². The highest BCUT2D eigenvalue weighted by molar-refractivity contribution is 6.04. The molecule has 5 rings (SSSR count). The molecule has 0 bridgehead atoms. The number of anilines is 2. The lowest BCUT2D eigenvalue weighted by atomic mass is 10.1. The van der Waals surface area contributed by atoms with Gasteiger partial charge in [-0.25, -0.2) is 9.97 Å². The van der Waals surface area contributed by atoms with E-state index in [4.69, 9.17) is 9.72 Å². The summed E-state index contributed by atoms with van der Waals surface area (Å²) < 4.78 is 7.44. The number of hydrogen-bond acceptors (Lipinski definition) is 6. The molecule has 3 aromatic rings. The van der Waals surface area contributed by atoms with Crippen LogP contribution >= 0.6 is 0 Å². The highest BCUT2D eigenvalue weighted by Crippen LogP contribution is 2.28. The molecule has 7 heteroatoms. The van der Waals surface area contributed by atoms with E-state index in [-0.39, 0.29) is 0 Å². The molecule has 1 aromatic carbocycles. The predicted molar refractivity (Wildman–Crippen MR) is 106 cm³/mol. The van der Waals surface area contributed by atoms with Crippen molar-refractivity contribution >= 4 is 28.4 Å². The molecule has 0 saturated carbocycles. The number of imidazole rings is 1. The summed E-state index contributed by atoms with van der Waals surface area (Å²) in [6.07, 6.45) is 3.81. The van der Waals surface area contributed by atoms with Gasteiger partial charge in [-0.15, -0.1) is 0 Å². The van der Waals surface area contributed by atoms with Crippen LogP contribution in [0.25, 0.3) is 11.2 Å². The Hall–Kier alpha value is -2.93. The number of hydrazone groups is 1. The van der Waals surface area contributed by atoms with Crippen LogP contribution in [0.1, 0.15) is 17.5 Å². The van der Waals surface area contributed by atoms with E-state index >= 15 is 0 Å². The fourth-order valence-electron chi connectivity index (χ4n) is 3.83. The summed E-state index contributed by atoms with van der Waals surface area (Å²) in [5.41, 5.74) is 9.74. The van der Waals surface area contributed by atoms with Gasteiger partial charge in [-0.2, -0.15) is 5.10 Å². The van der Waals surface area contributed by atoms with Crippen LogP contribution in [-0.2, 0) is 18.2 Å². The van der Waals surface area contributed by atoms with Crippen LogP contribution in [0.4, 0.5) is 11.5 Å². The zero-order valence-corrected chi connectivity index (χ0v) is 15.4. The van der Waals surface area contributed by atoms with E-state index in [0.717, 1.165) is 67.5 Å². The lowest BCUT2D eigenvalue weighted by Crippen LogP contribution is -2.36. The van der Waals surface area contributed by atoms with Gasteiger partial charge in [0.1, 0.15) is 5.52 Å². The summed E-state index contributed by atoms with van der Waals surface area (Å²) in [6, 6.07) is 10.5. The Morgan fingerprint density at radius 3 is 2.89 bits per heavy atom. The highest BCUT2D eigenvalue weighted by Gasteiger charge is 2.19. The van der Waals surface area contributed by atoms with Crippen LogP contribution in [0.3, 0.4) is 0 Å². The van der Waals surface area contributed by atoms with E-state index in [1.807, 2.05) is 24.0 Å². The Bertz CT molecular complexity index is 1020. The Balaban J connectivity index is 1.50. The van der Waals surface area contributed by atoms with E-state index in [1.54, 1.807) is 0 Å². The van der Waals surface area contributed by atoms with Crippen LogP contribution in [0.2, 0.25) is 0 Å². The topological polar surface area (TPSA) is 67.6 Å². The van der Waals surface area contributed by atoms with Crippen LogP contribution in [0, 0.1) is 0 Å². The van der Waals surface area contributed by atoms with Crippen molar-refractivity contribution in [3.8, 4) is 0 Å². The molecular formula is C20H22N6O. The number of pyridine rings is 1. The maximum Gasteiger partial charge on any atom is 0.164 e. The number of ether oxygens (including phenoxy) is 1. The van der Waals surface area contributed by atoms with E-state index in [0.29, 0.717) is 0 Å². The van der Waals surface area contributed by atoms with Crippen molar-refractivity contribution < 1.29 is 4.74 Å². The first-order chi connectivity index (χ1) is 13.3. The lowest BCUT2D eigenvalue weighted by molar-refractivity contribution is 0.123. The quantitative estimate of drug-likeness (QED) is 0.726. The van der Waals surface area contributed by atoms with Crippen LogP contribution in [-0.4, -0.2) is 46.6 Å². The average molecular weight is 362 g/mol. The van der Waals surface area contributed by atoms with Gasteiger partial charge in [-0.05, 0) is 18.4 Å². The molecule has 27 heavy (non-hydrogen) atoms. The third kappa shape index (κ3) is 2.94. The second-order valence-corrected chi connectivity index (χ2v) is 6.98. The van der Waals surface area contributed by atoms with Crippen molar-refractivity contribution in [2.45, 2.75) is 12.8 Å². The normalized spacial score (nSPS) is 18.3. The Morgan fingerprint density at radius 2 is 2.00 bits per heavy atom. The van der Waals surface area contributed by atoms with Crippen molar-refractivity contribution in [1.82, 2.24) is 14.5 Å². The number of fused-ring (bicyclic) bond motifs is 2. The van der Waals surface area contributed by atoms with Crippen LogP contribution in [0.15, 0.2) is 41.8 Å². The maximum absolute atomic E-state index is 5.50. The standard InChI is InChI=1S/C20H22N6O/c1-25-13-21-19-17(26-8-10-27-11-9-26)12-18(22-20(19)25)24-23-16-7-6-14-4-2-3-5-15(14)16/h2-5,12-13H,6-11H2,1H3,(H,22,24)/b23-16+. The highest BCUT2D eigenvalue weighted by atomic mass is 16.5. The molecule has 0 spiro atoms. The molecule has 1 fully saturated rings. The zero-order chi connectivity index (χ0) is 18.2. The molecule has 2 aliphatic rings. The average Bonchev–Trinajstić information content (AvgIpc) is 3.30. The van der Waals surface area contributed by atoms with E-state index < -0.39 is 0 Å². The maximum atomic E-state index is 5.50. The Labute approximate surface area is 157 Å². The predicted octanol–water partition coefficient (Wildman–Crippen LogP) is 2.57. The number of aryl methyl sites for hydroxylation is 2. The summed E-state index contributed by atoms with van der Waals surface area (Å²) in [4.78, 5) is 11.6. The molecule has 0 radical (unpaired) electrons. The number of morpholine rings is 1. The fraction of sp³-hybridized carbons (Fsp3) is 0.350. The van der Waals surface area contributed by atoms with Crippen molar-refractivity contribution in [3.63, 3.8) is 0 Å². The first-order valence-electron chi connectivity index (χ1n) is 9.35. The third-order valence-corrected chi connectivity index (χ3v) is 5.26. The van der Waals surface area contributed by atoms with Crippen LogP contribution < -0.4 is 10.3 Å². The minimum atomic E-state index is 0.735. The Morgan fingerprint density at radius 1 is 1.15 bits per heavy atom. The molecule has 1 aliphatic heterocycles. The molecule has 0 atom stereocenters. The summed E-state index contributed by atoms with van der Waals surface area (Å²) in [7, 11) is 1.97. The van der Waals surface area contributed by atoms with Gasteiger partial charge in [0.15, 0.2) is 11.5 Å². The molecule has 7 nitrogen and oxygen atoms in total. The first-order valence-corrected chi connectivity index (χ1v) is 9.35. The fourth-order valence-corrected chi connectivity index (χ4v) is 3.83. The number of aromatic nitrogens is 3. The second kappa shape index (κ2) is 6.66. The molecule has 3 heterocycles. The van der Waals surface area contributed by atoms with E-state index in [2.05, 4.69) is 44.7 Å². The molecule has 1 aliphatic carbocycles. The van der Waals surface area contributed by atoms with E-state index in [1.165, 1.54) is 11.1 Å². The molecule has 2 aromatic heterocycles. The molecule has 138 valence electrons. The van der Waals surface area contributed by atoms with Gasteiger partial charge in [-0.1, -0.05) is 24.3 Å². The van der Waals surface area contributed by atoms with Crippen molar-refractivity contribution in [1.29, 1.82) is 0 Å². The van der Waals surface area contributed by atoms with Gasteiger partial charge >= 0.3 is 0 Å². The summed E-state index contributed by atoms with van der Waals surface area (Å²) >= 11 is 0. The number of nitrogens with zero attached hydrogens (tertiary/aromatic N) is 5. The monoisotopic (exact) mass is 362 g/mol. The summed E-state index contributed by atoms with van der Waals surface area (Å²) in [6.45, 7) is 3.19.